The van der Waals surface area contributed by atoms with Gasteiger partial charge in [-0.25, -0.2) is 4.79 Å². The highest BCUT2D eigenvalue weighted by molar-refractivity contribution is 6.04. The minimum atomic E-state index is -0.519. The summed E-state index contributed by atoms with van der Waals surface area (Å²) >= 11 is 0. The van der Waals surface area contributed by atoms with Crippen molar-refractivity contribution >= 4 is 11.9 Å². The van der Waals surface area contributed by atoms with Gasteiger partial charge in [0.25, 0.3) is 5.91 Å². The molecule has 0 bridgehead atoms. The summed E-state index contributed by atoms with van der Waals surface area (Å²) in [5.74, 6) is 0.535. The van der Waals surface area contributed by atoms with Gasteiger partial charge in [-0.15, -0.1) is 0 Å². The van der Waals surface area contributed by atoms with E-state index in [1.165, 1.54) is 4.90 Å². The van der Waals surface area contributed by atoms with E-state index in [1.54, 1.807) is 0 Å². The fraction of sp³-hybridized carbons (Fsp3) is 0.389. The molecule has 1 unspecified atom stereocenters. The van der Waals surface area contributed by atoms with Gasteiger partial charge in [-0.1, -0.05) is 49.3 Å². The number of urea groups is 1. The molecule has 2 aromatic rings. The Balaban J connectivity index is 1.76. The number of hydrogen-bond donors (Lipinski definition) is 1. The molecule has 6 heteroatoms. The molecule has 0 spiro atoms. The third-order valence-electron chi connectivity index (χ3n) is 4.31. The molecule has 6 nitrogen and oxygen atoms in total. The lowest BCUT2D eigenvalue weighted by Crippen LogP contribution is -2.32. The van der Waals surface area contributed by atoms with Gasteiger partial charge < -0.3 is 9.84 Å². The van der Waals surface area contributed by atoms with Crippen LogP contribution in [0.25, 0.3) is 0 Å². The highest BCUT2D eigenvalue weighted by Gasteiger charge is 2.38. The Morgan fingerprint density at radius 3 is 2.58 bits per heavy atom. The van der Waals surface area contributed by atoms with Gasteiger partial charge in [-0.2, -0.15) is 0 Å². The van der Waals surface area contributed by atoms with Crippen LogP contribution in [0.4, 0.5) is 4.79 Å². The normalized spacial score (nSPS) is 17.4. The zero-order valence-electron chi connectivity index (χ0n) is 13.9. The van der Waals surface area contributed by atoms with Crippen molar-refractivity contribution in [3.63, 3.8) is 0 Å². The number of carbonyl (C=O) groups is 2. The smallest absolute Gasteiger partial charge is 0.325 e. The van der Waals surface area contributed by atoms with Crippen LogP contribution in [-0.2, 0) is 30.6 Å². The maximum absolute atomic E-state index is 12.6. The molecule has 1 atom stereocenters. The lowest BCUT2D eigenvalue weighted by atomic mass is 10.1. The Morgan fingerprint density at radius 2 is 1.92 bits per heavy atom. The van der Waals surface area contributed by atoms with Crippen LogP contribution in [0.1, 0.15) is 36.4 Å². The SMILES string of the molecule is CCc1noc(CC)c1CN1C(=O)NC(Cc2ccccc2)C1=O. The largest absolute Gasteiger partial charge is 0.361 e. The molecule has 1 aromatic carbocycles. The first-order chi connectivity index (χ1) is 11.6. The lowest BCUT2D eigenvalue weighted by Gasteiger charge is -2.13. The van der Waals surface area contributed by atoms with E-state index in [-0.39, 0.29) is 18.5 Å². The van der Waals surface area contributed by atoms with Crippen molar-refractivity contribution in [2.75, 3.05) is 0 Å². The van der Waals surface area contributed by atoms with Gasteiger partial charge in [0.05, 0.1) is 12.2 Å². The van der Waals surface area contributed by atoms with Crippen LogP contribution in [0.5, 0.6) is 0 Å². The fourth-order valence-corrected chi connectivity index (χ4v) is 2.99. The number of benzene rings is 1. The molecular weight excluding hydrogens is 306 g/mol. The molecule has 1 N–H and O–H groups in total. The number of carbonyl (C=O) groups excluding carboxylic acids is 2. The van der Waals surface area contributed by atoms with Crippen molar-refractivity contribution < 1.29 is 14.1 Å². The van der Waals surface area contributed by atoms with Crippen molar-refractivity contribution in [2.45, 2.75) is 45.7 Å². The van der Waals surface area contributed by atoms with E-state index in [2.05, 4.69) is 10.5 Å². The number of aryl methyl sites for hydroxylation is 2. The topological polar surface area (TPSA) is 75.4 Å². The third-order valence-corrected chi connectivity index (χ3v) is 4.31. The second kappa shape index (κ2) is 6.86. The number of rotatable bonds is 6. The van der Waals surface area contributed by atoms with Crippen LogP contribution in [0.15, 0.2) is 34.9 Å². The van der Waals surface area contributed by atoms with Crippen molar-refractivity contribution in [2.24, 2.45) is 0 Å². The standard InChI is InChI=1S/C18H21N3O3/c1-3-14-13(16(4-2)24-20-14)11-21-17(22)15(19-18(21)23)10-12-8-6-5-7-9-12/h5-9,15H,3-4,10-11H2,1-2H3,(H,19,23). The first-order valence-corrected chi connectivity index (χ1v) is 8.26. The summed E-state index contributed by atoms with van der Waals surface area (Å²) in [6, 6.07) is 8.80. The summed E-state index contributed by atoms with van der Waals surface area (Å²) in [4.78, 5) is 26.2. The number of hydrogen-bond acceptors (Lipinski definition) is 4. The van der Waals surface area contributed by atoms with Crippen LogP contribution in [0, 0.1) is 0 Å². The molecule has 0 saturated carbocycles. The van der Waals surface area contributed by atoms with E-state index in [9.17, 15) is 9.59 Å². The molecule has 1 aromatic heterocycles. The maximum atomic E-state index is 12.6. The number of aromatic nitrogens is 1. The first kappa shape index (κ1) is 16.2. The Hall–Kier alpha value is -2.63. The second-order valence-corrected chi connectivity index (χ2v) is 5.85. The molecule has 2 heterocycles. The molecule has 1 saturated heterocycles. The number of nitrogens with one attached hydrogen (secondary N) is 1. The zero-order valence-corrected chi connectivity index (χ0v) is 13.9. The highest BCUT2D eigenvalue weighted by atomic mass is 16.5. The van der Waals surface area contributed by atoms with Crippen LogP contribution in [-0.4, -0.2) is 28.0 Å². The highest BCUT2D eigenvalue weighted by Crippen LogP contribution is 2.21. The fourth-order valence-electron chi connectivity index (χ4n) is 2.99. The molecule has 24 heavy (non-hydrogen) atoms. The molecule has 126 valence electrons. The molecule has 1 fully saturated rings. The van der Waals surface area contributed by atoms with E-state index < -0.39 is 6.04 Å². The van der Waals surface area contributed by atoms with Crippen LogP contribution in [0.3, 0.4) is 0 Å². The van der Waals surface area contributed by atoms with Gasteiger partial charge in [0, 0.05) is 18.4 Å². The summed E-state index contributed by atoms with van der Waals surface area (Å²) in [5, 5.41) is 6.82. The average Bonchev–Trinajstić information content (AvgIpc) is 3.11. The molecule has 0 aliphatic carbocycles. The zero-order chi connectivity index (χ0) is 17.1. The van der Waals surface area contributed by atoms with E-state index in [1.807, 2.05) is 44.2 Å². The average molecular weight is 327 g/mol. The van der Waals surface area contributed by atoms with Crippen LogP contribution < -0.4 is 5.32 Å². The summed E-state index contributed by atoms with van der Waals surface area (Å²) in [6.07, 6.45) is 1.88. The molecule has 3 rings (SSSR count). The van der Waals surface area contributed by atoms with Crippen molar-refractivity contribution in [3.8, 4) is 0 Å². The van der Waals surface area contributed by atoms with Gasteiger partial charge in [0.15, 0.2) is 0 Å². The summed E-state index contributed by atoms with van der Waals surface area (Å²) in [7, 11) is 0. The number of nitrogens with zero attached hydrogens (tertiary/aromatic N) is 2. The van der Waals surface area contributed by atoms with Gasteiger partial charge in [-0.05, 0) is 12.0 Å². The first-order valence-electron chi connectivity index (χ1n) is 8.26. The minimum absolute atomic E-state index is 0.200. The van der Waals surface area contributed by atoms with E-state index in [4.69, 9.17) is 4.52 Å². The monoisotopic (exact) mass is 327 g/mol. The maximum Gasteiger partial charge on any atom is 0.325 e. The predicted molar refractivity (Wildman–Crippen MR) is 88.3 cm³/mol. The molecule has 0 radical (unpaired) electrons. The van der Waals surface area contributed by atoms with E-state index in [0.717, 1.165) is 22.6 Å². The second-order valence-electron chi connectivity index (χ2n) is 5.85. The van der Waals surface area contributed by atoms with E-state index in [0.29, 0.717) is 19.3 Å². The number of imide groups is 1. The van der Waals surface area contributed by atoms with Crippen molar-refractivity contribution in [3.05, 3.63) is 52.9 Å². The van der Waals surface area contributed by atoms with Crippen molar-refractivity contribution in [1.82, 2.24) is 15.4 Å². The lowest BCUT2D eigenvalue weighted by molar-refractivity contribution is -0.127. The van der Waals surface area contributed by atoms with E-state index >= 15 is 0 Å². The Morgan fingerprint density at radius 1 is 1.17 bits per heavy atom. The van der Waals surface area contributed by atoms with Crippen LogP contribution in [0.2, 0.25) is 0 Å². The van der Waals surface area contributed by atoms with Gasteiger partial charge >= 0.3 is 6.03 Å². The van der Waals surface area contributed by atoms with Crippen LogP contribution >= 0.6 is 0 Å². The van der Waals surface area contributed by atoms with Gasteiger partial charge in [-0.3, -0.25) is 9.69 Å². The quantitative estimate of drug-likeness (QED) is 0.827. The molecule has 3 amide bonds. The predicted octanol–water partition coefficient (Wildman–Crippen LogP) is 2.46. The Bertz CT molecular complexity index is 718. The van der Waals surface area contributed by atoms with Gasteiger partial charge in [0.1, 0.15) is 11.8 Å². The van der Waals surface area contributed by atoms with Gasteiger partial charge in [0.2, 0.25) is 0 Å². The summed E-state index contributed by atoms with van der Waals surface area (Å²) in [5.41, 5.74) is 2.68. The summed E-state index contributed by atoms with van der Waals surface area (Å²) in [6.45, 7) is 4.16. The molecular formula is C18H21N3O3. The molecule has 1 aliphatic rings. The third kappa shape index (κ3) is 3.04. The Kier molecular flexibility index (Phi) is 4.64. The Labute approximate surface area is 140 Å². The number of amides is 3. The minimum Gasteiger partial charge on any atom is -0.361 e. The summed E-state index contributed by atoms with van der Waals surface area (Å²) < 4.78 is 5.32. The van der Waals surface area contributed by atoms with Crippen molar-refractivity contribution in [1.29, 1.82) is 0 Å². The molecule has 1 aliphatic heterocycles.